The number of rotatable bonds is 11. The minimum absolute atomic E-state index is 0.0982. The normalized spacial score (nSPS) is 14.8. The molecule has 3 amide bonds. The lowest BCUT2D eigenvalue weighted by molar-refractivity contribution is -0.142. The number of amides is 3. The van der Waals surface area contributed by atoms with E-state index in [1.807, 2.05) is 5.32 Å². The molecule has 4 unspecified atom stereocenters. The molecule has 0 saturated carbocycles. The van der Waals surface area contributed by atoms with Gasteiger partial charge in [-0.3, -0.25) is 14.4 Å². The van der Waals surface area contributed by atoms with Crippen molar-refractivity contribution in [3.63, 3.8) is 0 Å². The van der Waals surface area contributed by atoms with Gasteiger partial charge in [-0.15, -0.1) is 0 Å². The number of carboxylic acid groups (broad SMARTS) is 1. The van der Waals surface area contributed by atoms with Crippen LogP contribution in [-0.2, 0) is 25.6 Å². The second kappa shape index (κ2) is 11.7. The Morgan fingerprint density at radius 2 is 1.66 bits per heavy atom. The van der Waals surface area contributed by atoms with Crippen molar-refractivity contribution in [1.29, 1.82) is 0 Å². The maximum absolute atomic E-state index is 12.5. The third kappa shape index (κ3) is 8.25. The van der Waals surface area contributed by atoms with Gasteiger partial charge in [-0.1, -0.05) is 30.3 Å². The molecule has 1 rings (SSSR count). The van der Waals surface area contributed by atoms with Gasteiger partial charge in [0.05, 0.1) is 19.3 Å². The maximum Gasteiger partial charge on any atom is 0.328 e. The number of nitrogens with one attached hydrogen (secondary N) is 3. The summed E-state index contributed by atoms with van der Waals surface area (Å²) >= 11 is 0. The van der Waals surface area contributed by atoms with Crippen molar-refractivity contribution in [3.05, 3.63) is 35.9 Å². The van der Waals surface area contributed by atoms with E-state index >= 15 is 0 Å². The molecule has 11 nitrogen and oxygen atoms in total. The van der Waals surface area contributed by atoms with Gasteiger partial charge in [0.15, 0.2) is 0 Å². The van der Waals surface area contributed by atoms with E-state index < -0.39 is 61.1 Å². The summed E-state index contributed by atoms with van der Waals surface area (Å²) in [5.74, 6) is -3.70. The lowest BCUT2D eigenvalue weighted by atomic mass is 10.0. The molecule has 0 bridgehead atoms. The molecule has 0 saturated heterocycles. The van der Waals surface area contributed by atoms with Gasteiger partial charge in [0.25, 0.3) is 0 Å². The highest BCUT2D eigenvalue weighted by molar-refractivity contribution is 5.92. The molecule has 1 aromatic rings. The Hall–Kier alpha value is -3.02. The molecular formula is C18H26N4O7. The van der Waals surface area contributed by atoms with Crippen LogP contribution in [0, 0.1) is 0 Å². The van der Waals surface area contributed by atoms with Crippen LogP contribution in [0.15, 0.2) is 30.3 Å². The number of hydrogen-bond donors (Lipinski definition) is 7. The van der Waals surface area contributed by atoms with Crippen LogP contribution >= 0.6 is 0 Å². The largest absolute Gasteiger partial charge is 0.480 e. The third-order valence-electron chi connectivity index (χ3n) is 3.98. The number of carbonyl (C=O) groups excluding carboxylic acids is 3. The van der Waals surface area contributed by atoms with E-state index in [9.17, 15) is 24.3 Å². The van der Waals surface area contributed by atoms with E-state index in [-0.39, 0.29) is 6.42 Å². The van der Waals surface area contributed by atoms with Crippen LogP contribution in [0.25, 0.3) is 0 Å². The van der Waals surface area contributed by atoms with Crippen molar-refractivity contribution < 1.29 is 34.5 Å². The fraction of sp³-hybridized carbons (Fsp3) is 0.444. The fourth-order valence-electron chi connectivity index (χ4n) is 2.27. The average molecular weight is 410 g/mol. The van der Waals surface area contributed by atoms with Crippen LogP contribution in [0.2, 0.25) is 0 Å². The summed E-state index contributed by atoms with van der Waals surface area (Å²) < 4.78 is 0. The summed E-state index contributed by atoms with van der Waals surface area (Å²) in [4.78, 5) is 47.2. The van der Waals surface area contributed by atoms with Gasteiger partial charge in [0.1, 0.15) is 18.1 Å². The molecule has 0 fully saturated rings. The van der Waals surface area contributed by atoms with Crippen molar-refractivity contribution in [2.75, 3.05) is 13.2 Å². The molecule has 1 aromatic carbocycles. The molecule has 0 spiro atoms. The monoisotopic (exact) mass is 410 g/mol. The first kappa shape index (κ1) is 24.0. The SMILES string of the molecule is CC(O)C(N)C(=O)NC(Cc1ccccc1)C(=O)NCC(=O)NC(CO)C(=O)O. The van der Waals surface area contributed by atoms with Gasteiger partial charge in [-0.2, -0.15) is 0 Å². The number of hydrogen-bond acceptors (Lipinski definition) is 7. The molecule has 0 heterocycles. The van der Waals surface area contributed by atoms with E-state index in [4.69, 9.17) is 15.9 Å². The molecule has 4 atom stereocenters. The molecule has 0 radical (unpaired) electrons. The quantitative estimate of drug-likeness (QED) is 0.202. The zero-order valence-corrected chi connectivity index (χ0v) is 15.9. The van der Waals surface area contributed by atoms with Crippen LogP contribution < -0.4 is 21.7 Å². The van der Waals surface area contributed by atoms with Gasteiger partial charge in [-0.05, 0) is 12.5 Å². The number of carboxylic acids is 1. The molecular weight excluding hydrogens is 384 g/mol. The second-order valence-corrected chi connectivity index (χ2v) is 6.38. The Bertz CT molecular complexity index is 711. The van der Waals surface area contributed by atoms with Crippen LogP contribution in [-0.4, -0.2) is 76.4 Å². The number of carbonyl (C=O) groups is 4. The predicted molar refractivity (Wildman–Crippen MR) is 101 cm³/mol. The van der Waals surface area contributed by atoms with Crippen LogP contribution in [0.1, 0.15) is 12.5 Å². The topological polar surface area (TPSA) is 191 Å². The summed E-state index contributed by atoms with van der Waals surface area (Å²) in [6.07, 6.45) is -1.03. The first-order valence-electron chi connectivity index (χ1n) is 8.84. The Kier molecular flexibility index (Phi) is 9.72. The Morgan fingerprint density at radius 3 is 2.17 bits per heavy atom. The Labute approximate surface area is 167 Å². The van der Waals surface area contributed by atoms with Crippen molar-refractivity contribution in [3.8, 4) is 0 Å². The van der Waals surface area contributed by atoms with Gasteiger partial charge in [-0.25, -0.2) is 4.79 Å². The summed E-state index contributed by atoms with van der Waals surface area (Å²) in [7, 11) is 0. The van der Waals surface area contributed by atoms with Gasteiger partial charge in [0, 0.05) is 6.42 Å². The highest BCUT2D eigenvalue weighted by Gasteiger charge is 2.27. The maximum atomic E-state index is 12.5. The number of benzene rings is 1. The van der Waals surface area contributed by atoms with E-state index in [1.54, 1.807) is 30.3 Å². The van der Waals surface area contributed by atoms with Crippen molar-refractivity contribution in [1.82, 2.24) is 16.0 Å². The zero-order valence-electron chi connectivity index (χ0n) is 15.9. The van der Waals surface area contributed by atoms with Crippen molar-refractivity contribution in [2.24, 2.45) is 5.73 Å². The highest BCUT2D eigenvalue weighted by Crippen LogP contribution is 2.04. The molecule has 160 valence electrons. The lowest BCUT2D eigenvalue weighted by Crippen LogP contribution is -2.56. The first-order valence-corrected chi connectivity index (χ1v) is 8.84. The lowest BCUT2D eigenvalue weighted by Gasteiger charge is -2.22. The van der Waals surface area contributed by atoms with Crippen LogP contribution in [0.4, 0.5) is 0 Å². The summed E-state index contributed by atoms with van der Waals surface area (Å²) in [6, 6.07) is 4.94. The van der Waals surface area contributed by atoms with Crippen molar-refractivity contribution in [2.45, 2.75) is 37.6 Å². The molecule has 0 aliphatic heterocycles. The first-order chi connectivity index (χ1) is 13.6. The molecule has 29 heavy (non-hydrogen) atoms. The van der Waals surface area contributed by atoms with E-state index in [0.717, 1.165) is 5.56 Å². The standard InChI is InChI=1S/C18H26N4O7/c1-10(24)15(19)17(27)22-12(7-11-5-3-2-4-6-11)16(26)20-8-14(25)21-13(9-23)18(28)29/h2-6,10,12-13,15,23-24H,7-9,19H2,1H3,(H,20,26)(H,21,25)(H,22,27)(H,28,29). The summed E-state index contributed by atoms with van der Waals surface area (Å²) in [5.41, 5.74) is 6.32. The number of aliphatic hydroxyl groups excluding tert-OH is 2. The second-order valence-electron chi connectivity index (χ2n) is 6.38. The molecule has 0 aliphatic rings. The average Bonchev–Trinajstić information content (AvgIpc) is 2.69. The summed E-state index contributed by atoms with van der Waals surface area (Å²) in [5, 5.41) is 33.9. The van der Waals surface area contributed by atoms with E-state index in [2.05, 4.69) is 10.6 Å². The smallest absolute Gasteiger partial charge is 0.328 e. The molecule has 0 aliphatic carbocycles. The third-order valence-corrected chi connectivity index (χ3v) is 3.98. The molecule has 8 N–H and O–H groups in total. The molecule has 11 heteroatoms. The summed E-state index contributed by atoms with van der Waals surface area (Å²) in [6.45, 7) is -0.0357. The van der Waals surface area contributed by atoms with Gasteiger partial charge in [0.2, 0.25) is 17.7 Å². The predicted octanol–water partition coefficient (Wildman–Crippen LogP) is -2.90. The number of aliphatic hydroxyl groups is 2. The van der Waals surface area contributed by atoms with E-state index in [0.29, 0.717) is 0 Å². The number of nitrogens with two attached hydrogens (primary N) is 1. The Balaban J connectivity index is 2.77. The van der Waals surface area contributed by atoms with E-state index in [1.165, 1.54) is 6.92 Å². The van der Waals surface area contributed by atoms with Gasteiger partial charge < -0.3 is 37.0 Å². The Morgan fingerprint density at radius 1 is 1.03 bits per heavy atom. The fourth-order valence-corrected chi connectivity index (χ4v) is 2.27. The van der Waals surface area contributed by atoms with Crippen molar-refractivity contribution >= 4 is 23.7 Å². The van der Waals surface area contributed by atoms with Gasteiger partial charge >= 0.3 is 5.97 Å². The van der Waals surface area contributed by atoms with Crippen LogP contribution in [0.3, 0.4) is 0 Å². The highest BCUT2D eigenvalue weighted by atomic mass is 16.4. The minimum Gasteiger partial charge on any atom is -0.480 e. The minimum atomic E-state index is -1.50. The molecule has 0 aromatic heterocycles. The van der Waals surface area contributed by atoms with Crippen LogP contribution in [0.5, 0.6) is 0 Å². The number of aliphatic carboxylic acids is 1. The zero-order chi connectivity index (χ0) is 22.0.